The van der Waals surface area contributed by atoms with Crippen LogP contribution in [0.15, 0.2) is 30.3 Å². The first kappa shape index (κ1) is 12.4. The second kappa shape index (κ2) is 5.41. The Balaban J connectivity index is 0.00000128. The maximum Gasteiger partial charge on any atom is 0.137 e. The summed E-state index contributed by atoms with van der Waals surface area (Å²) in [6.45, 7) is -0.311. The number of hydrogen-bond donors (Lipinski definition) is 4. The van der Waals surface area contributed by atoms with Crippen molar-refractivity contribution in [2.75, 3.05) is 0 Å². The first-order chi connectivity index (χ1) is 7.35. The van der Waals surface area contributed by atoms with Gasteiger partial charge in [0.2, 0.25) is 0 Å². The van der Waals surface area contributed by atoms with Gasteiger partial charge in [-0.05, 0) is 0 Å². The number of H-pyrrole nitrogens is 1. The molecule has 0 unspecified atom stereocenters. The molecule has 0 amide bonds. The van der Waals surface area contributed by atoms with E-state index in [1.54, 1.807) is 0 Å². The summed E-state index contributed by atoms with van der Waals surface area (Å²) in [6.07, 6.45) is 0. The molecule has 0 bridgehead atoms. The van der Waals surface area contributed by atoms with Crippen molar-refractivity contribution in [2.45, 2.75) is 13.2 Å². The highest BCUT2D eigenvalue weighted by Crippen LogP contribution is 2.17. The van der Waals surface area contributed by atoms with E-state index in [0.29, 0.717) is 17.2 Å². The molecule has 0 radical (unpaired) electrons. The van der Waals surface area contributed by atoms with E-state index in [1.807, 2.05) is 30.3 Å². The molecule has 0 aliphatic carbocycles. The van der Waals surface area contributed by atoms with Gasteiger partial charge in [-0.15, -0.1) is 0 Å². The van der Waals surface area contributed by atoms with Gasteiger partial charge < -0.3 is 21.3 Å². The van der Waals surface area contributed by atoms with Crippen molar-refractivity contribution in [1.29, 1.82) is 0 Å². The summed E-state index contributed by atoms with van der Waals surface area (Å²) < 4.78 is 0. The zero-order chi connectivity index (χ0) is 10.7. The lowest BCUT2D eigenvalue weighted by Gasteiger charge is -1.94. The van der Waals surface area contributed by atoms with Crippen LogP contribution in [0.1, 0.15) is 11.4 Å². The molecule has 0 atom stereocenters. The summed E-state index contributed by atoms with van der Waals surface area (Å²) >= 11 is 0. The van der Waals surface area contributed by atoms with Crippen LogP contribution < -0.4 is 6.15 Å². The lowest BCUT2D eigenvalue weighted by molar-refractivity contribution is 0.255. The maximum absolute atomic E-state index is 9.03. The molecule has 5 heteroatoms. The topological polar surface area (TPSA) is 104 Å². The summed E-state index contributed by atoms with van der Waals surface area (Å²) in [7, 11) is 0. The Labute approximate surface area is 93.4 Å². The van der Waals surface area contributed by atoms with Crippen LogP contribution in [0.2, 0.25) is 0 Å². The SMILES string of the molecule is N.OCc1nc(-c2ccccc2)[nH]c1CO. The molecule has 0 fully saturated rings. The zero-order valence-corrected chi connectivity index (χ0v) is 8.85. The fourth-order valence-electron chi connectivity index (χ4n) is 1.44. The number of benzene rings is 1. The highest BCUT2D eigenvalue weighted by atomic mass is 16.3. The van der Waals surface area contributed by atoms with Crippen molar-refractivity contribution in [2.24, 2.45) is 0 Å². The van der Waals surface area contributed by atoms with Gasteiger partial charge in [0.05, 0.1) is 24.6 Å². The Hall–Kier alpha value is -1.69. The van der Waals surface area contributed by atoms with Crippen molar-refractivity contribution >= 4 is 0 Å². The maximum atomic E-state index is 9.03. The van der Waals surface area contributed by atoms with Gasteiger partial charge in [-0.1, -0.05) is 30.3 Å². The molecule has 1 aromatic heterocycles. The van der Waals surface area contributed by atoms with Crippen LogP contribution in [-0.4, -0.2) is 20.2 Å². The number of imidazole rings is 1. The fraction of sp³-hybridized carbons (Fsp3) is 0.182. The molecular weight excluding hydrogens is 206 g/mol. The van der Waals surface area contributed by atoms with E-state index >= 15 is 0 Å². The average Bonchev–Trinajstić information content (AvgIpc) is 2.73. The van der Waals surface area contributed by atoms with Crippen LogP contribution in [0.3, 0.4) is 0 Å². The Morgan fingerprint density at radius 1 is 1.06 bits per heavy atom. The van der Waals surface area contributed by atoms with Crippen molar-refractivity contribution < 1.29 is 10.2 Å². The second-order valence-corrected chi connectivity index (χ2v) is 3.19. The van der Waals surface area contributed by atoms with Crippen LogP contribution in [0.25, 0.3) is 11.4 Å². The smallest absolute Gasteiger partial charge is 0.137 e. The van der Waals surface area contributed by atoms with E-state index < -0.39 is 0 Å². The molecule has 5 nitrogen and oxygen atoms in total. The van der Waals surface area contributed by atoms with Crippen LogP contribution in [0.5, 0.6) is 0 Å². The van der Waals surface area contributed by atoms with Gasteiger partial charge in [-0.25, -0.2) is 4.98 Å². The number of hydrogen-bond acceptors (Lipinski definition) is 4. The molecule has 86 valence electrons. The van der Waals surface area contributed by atoms with Gasteiger partial charge in [0, 0.05) is 5.56 Å². The van der Waals surface area contributed by atoms with Crippen LogP contribution in [0.4, 0.5) is 0 Å². The predicted molar refractivity (Wildman–Crippen MR) is 60.9 cm³/mol. The summed E-state index contributed by atoms with van der Waals surface area (Å²) in [5.74, 6) is 0.670. The number of rotatable bonds is 3. The fourth-order valence-corrected chi connectivity index (χ4v) is 1.44. The number of aliphatic hydroxyl groups is 2. The monoisotopic (exact) mass is 221 g/mol. The molecule has 0 aliphatic rings. The van der Waals surface area contributed by atoms with Gasteiger partial charge in [-0.2, -0.15) is 0 Å². The van der Waals surface area contributed by atoms with Crippen molar-refractivity contribution in [3.05, 3.63) is 41.7 Å². The van der Waals surface area contributed by atoms with Crippen molar-refractivity contribution in [1.82, 2.24) is 16.1 Å². The standard InChI is InChI=1S/C11H12N2O2.H3N/c14-6-9-10(7-15)13-11(12-9)8-4-2-1-3-5-8;/h1-5,14-15H,6-7H2,(H,12,13);1H3. The van der Waals surface area contributed by atoms with E-state index in [-0.39, 0.29) is 19.4 Å². The van der Waals surface area contributed by atoms with E-state index in [4.69, 9.17) is 10.2 Å². The van der Waals surface area contributed by atoms with E-state index in [0.717, 1.165) is 5.56 Å². The van der Waals surface area contributed by atoms with E-state index in [1.165, 1.54) is 0 Å². The first-order valence-electron chi connectivity index (χ1n) is 4.70. The van der Waals surface area contributed by atoms with Gasteiger partial charge >= 0.3 is 0 Å². The Morgan fingerprint density at radius 3 is 2.25 bits per heavy atom. The van der Waals surface area contributed by atoms with Crippen molar-refractivity contribution in [3.63, 3.8) is 0 Å². The van der Waals surface area contributed by atoms with Crippen molar-refractivity contribution in [3.8, 4) is 11.4 Å². The van der Waals surface area contributed by atoms with Crippen LogP contribution >= 0.6 is 0 Å². The second-order valence-electron chi connectivity index (χ2n) is 3.19. The molecular formula is C11H15N3O2. The average molecular weight is 221 g/mol. The normalized spacial score (nSPS) is 9.88. The summed E-state index contributed by atoms with van der Waals surface area (Å²) in [5, 5.41) is 18.0. The minimum atomic E-state index is -0.167. The quantitative estimate of drug-likeness (QED) is 0.625. The van der Waals surface area contributed by atoms with Crippen LogP contribution in [0, 0.1) is 0 Å². The molecule has 0 saturated heterocycles. The van der Waals surface area contributed by atoms with Gasteiger partial charge in [0.1, 0.15) is 5.82 Å². The largest absolute Gasteiger partial charge is 0.390 e. The molecule has 1 aromatic carbocycles. The lowest BCUT2D eigenvalue weighted by Crippen LogP contribution is -1.91. The third kappa shape index (κ3) is 2.27. The molecule has 6 N–H and O–H groups in total. The predicted octanol–water partition coefficient (Wildman–Crippen LogP) is 1.22. The number of aromatic amines is 1. The minimum absolute atomic E-state index is 0. The summed E-state index contributed by atoms with van der Waals surface area (Å²) in [5.41, 5.74) is 2.00. The third-order valence-corrected chi connectivity index (χ3v) is 2.22. The summed E-state index contributed by atoms with van der Waals surface area (Å²) in [4.78, 5) is 7.18. The molecule has 2 rings (SSSR count). The number of nitrogens with zero attached hydrogens (tertiary/aromatic N) is 1. The Morgan fingerprint density at radius 2 is 1.75 bits per heavy atom. The zero-order valence-electron chi connectivity index (χ0n) is 8.85. The molecule has 0 spiro atoms. The highest BCUT2D eigenvalue weighted by Gasteiger charge is 2.09. The third-order valence-electron chi connectivity index (χ3n) is 2.22. The van der Waals surface area contributed by atoms with Crippen LogP contribution in [-0.2, 0) is 13.2 Å². The highest BCUT2D eigenvalue weighted by molar-refractivity contribution is 5.55. The Kier molecular flexibility index (Phi) is 4.19. The van der Waals surface area contributed by atoms with Gasteiger partial charge in [0.25, 0.3) is 0 Å². The molecule has 2 aromatic rings. The summed E-state index contributed by atoms with van der Waals surface area (Å²) in [6, 6.07) is 9.58. The Bertz CT molecular complexity index is 418. The first-order valence-corrected chi connectivity index (χ1v) is 4.70. The molecule has 0 saturated carbocycles. The number of aromatic nitrogens is 2. The van der Waals surface area contributed by atoms with Gasteiger partial charge in [0.15, 0.2) is 0 Å². The van der Waals surface area contributed by atoms with Gasteiger partial charge in [-0.3, -0.25) is 0 Å². The minimum Gasteiger partial charge on any atom is -0.390 e. The molecule has 16 heavy (non-hydrogen) atoms. The molecule has 1 heterocycles. The lowest BCUT2D eigenvalue weighted by atomic mass is 10.2. The van der Waals surface area contributed by atoms with E-state index in [2.05, 4.69) is 9.97 Å². The molecule has 0 aliphatic heterocycles. The number of aliphatic hydroxyl groups excluding tert-OH is 2. The van der Waals surface area contributed by atoms with E-state index in [9.17, 15) is 0 Å². The number of nitrogens with one attached hydrogen (secondary N) is 1.